The zero-order valence-electron chi connectivity index (χ0n) is 10.9. The standard InChI is InChI=1S/C13H12ClFN2O3S/c1-20-9-3-5-11(16)12(7-9)17-21(18,19)13-6-8(15)2-4-10(13)14/h2-7,17H,16H2,1H3. The van der Waals surface area contributed by atoms with Crippen LogP contribution in [0, 0.1) is 5.82 Å². The lowest BCUT2D eigenvalue weighted by molar-refractivity contribution is 0.415. The largest absolute Gasteiger partial charge is 0.497 e. The van der Waals surface area contributed by atoms with Crippen LogP contribution < -0.4 is 15.2 Å². The zero-order valence-corrected chi connectivity index (χ0v) is 12.5. The van der Waals surface area contributed by atoms with Gasteiger partial charge in [-0.25, -0.2) is 12.8 Å². The van der Waals surface area contributed by atoms with Crippen LogP contribution in [0.25, 0.3) is 0 Å². The molecular formula is C13H12ClFN2O3S. The first-order valence-corrected chi connectivity index (χ1v) is 7.61. The molecular weight excluding hydrogens is 319 g/mol. The maximum atomic E-state index is 13.2. The van der Waals surface area contributed by atoms with E-state index in [0.29, 0.717) is 5.75 Å². The molecule has 0 fully saturated rings. The lowest BCUT2D eigenvalue weighted by Crippen LogP contribution is -2.15. The van der Waals surface area contributed by atoms with E-state index >= 15 is 0 Å². The van der Waals surface area contributed by atoms with Gasteiger partial charge in [-0.3, -0.25) is 4.72 Å². The summed E-state index contributed by atoms with van der Waals surface area (Å²) in [6.07, 6.45) is 0. The maximum absolute atomic E-state index is 13.2. The highest BCUT2D eigenvalue weighted by atomic mass is 35.5. The molecule has 0 aromatic heterocycles. The molecule has 0 saturated heterocycles. The third kappa shape index (κ3) is 3.37. The number of hydrogen-bond donors (Lipinski definition) is 2. The third-order valence-corrected chi connectivity index (χ3v) is 4.53. The number of benzene rings is 2. The summed E-state index contributed by atoms with van der Waals surface area (Å²) in [6, 6.07) is 7.56. The van der Waals surface area contributed by atoms with Crippen LogP contribution in [-0.4, -0.2) is 15.5 Å². The number of nitrogens with one attached hydrogen (secondary N) is 1. The molecule has 5 nitrogen and oxygen atoms in total. The van der Waals surface area contributed by atoms with Crippen molar-refractivity contribution in [3.8, 4) is 5.75 Å². The average Bonchev–Trinajstić information content (AvgIpc) is 2.43. The van der Waals surface area contributed by atoms with Crippen molar-refractivity contribution in [2.45, 2.75) is 4.90 Å². The molecule has 0 aliphatic heterocycles. The van der Waals surface area contributed by atoms with Gasteiger partial charge in [-0.05, 0) is 30.3 Å². The molecule has 0 radical (unpaired) electrons. The number of halogens is 2. The predicted molar refractivity (Wildman–Crippen MR) is 79.6 cm³/mol. The number of nitrogen functional groups attached to an aromatic ring is 1. The molecule has 2 aromatic rings. The molecule has 3 N–H and O–H groups in total. The number of hydrogen-bond acceptors (Lipinski definition) is 4. The molecule has 112 valence electrons. The third-order valence-electron chi connectivity index (χ3n) is 2.69. The first-order valence-electron chi connectivity index (χ1n) is 5.75. The van der Waals surface area contributed by atoms with Crippen molar-refractivity contribution in [1.82, 2.24) is 0 Å². The first-order chi connectivity index (χ1) is 9.83. The van der Waals surface area contributed by atoms with Gasteiger partial charge in [0.1, 0.15) is 16.5 Å². The van der Waals surface area contributed by atoms with Gasteiger partial charge in [0.2, 0.25) is 0 Å². The Balaban J connectivity index is 2.44. The van der Waals surface area contributed by atoms with Crippen LogP contribution in [-0.2, 0) is 10.0 Å². The first kappa shape index (κ1) is 15.4. The van der Waals surface area contributed by atoms with Gasteiger partial charge < -0.3 is 10.5 Å². The number of ether oxygens (including phenoxy) is 1. The lowest BCUT2D eigenvalue weighted by atomic mass is 10.2. The highest BCUT2D eigenvalue weighted by molar-refractivity contribution is 7.92. The number of methoxy groups -OCH3 is 1. The fourth-order valence-corrected chi connectivity index (χ4v) is 3.22. The molecule has 0 saturated carbocycles. The maximum Gasteiger partial charge on any atom is 0.263 e. The van der Waals surface area contributed by atoms with Gasteiger partial charge in [0, 0.05) is 6.07 Å². The lowest BCUT2D eigenvalue weighted by Gasteiger charge is -2.12. The molecule has 21 heavy (non-hydrogen) atoms. The van der Waals surface area contributed by atoms with Crippen molar-refractivity contribution in [2.75, 3.05) is 17.6 Å². The monoisotopic (exact) mass is 330 g/mol. The van der Waals surface area contributed by atoms with Crippen molar-refractivity contribution in [1.29, 1.82) is 0 Å². The smallest absolute Gasteiger partial charge is 0.263 e. The van der Waals surface area contributed by atoms with E-state index in [0.717, 1.165) is 12.1 Å². The summed E-state index contributed by atoms with van der Waals surface area (Å²) < 4.78 is 45.0. The Bertz CT molecular complexity index is 781. The van der Waals surface area contributed by atoms with Crippen molar-refractivity contribution in [3.63, 3.8) is 0 Å². The average molecular weight is 331 g/mol. The molecule has 0 bridgehead atoms. The van der Waals surface area contributed by atoms with E-state index < -0.39 is 15.8 Å². The molecule has 0 amide bonds. The molecule has 0 aliphatic carbocycles. The van der Waals surface area contributed by atoms with Gasteiger partial charge in [0.15, 0.2) is 0 Å². The normalized spacial score (nSPS) is 11.2. The van der Waals surface area contributed by atoms with Crippen molar-refractivity contribution in [2.24, 2.45) is 0 Å². The van der Waals surface area contributed by atoms with Gasteiger partial charge in [0.05, 0.1) is 23.5 Å². The van der Waals surface area contributed by atoms with Gasteiger partial charge in [0.25, 0.3) is 10.0 Å². The molecule has 0 aliphatic rings. The van der Waals surface area contributed by atoms with Gasteiger partial charge in [-0.1, -0.05) is 11.6 Å². The summed E-state index contributed by atoms with van der Waals surface area (Å²) in [6.45, 7) is 0. The van der Waals surface area contributed by atoms with Crippen LogP contribution in [0.15, 0.2) is 41.3 Å². The molecule has 2 rings (SSSR count). The summed E-state index contributed by atoms with van der Waals surface area (Å²) in [5.74, 6) is -0.286. The van der Waals surface area contributed by atoms with E-state index in [1.165, 1.54) is 25.3 Å². The van der Waals surface area contributed by atoms with Crippen LogP contribution >= 0.6 is 11.6 Å². The van der Waals surface area contributed by atoms with E-state index in [-0.39, 0.29) is 21.3 Å². The summed E-state index contributed by atoms with van der Waals surface area (Å²) in [4.78, 5) is -0.369. The Morgan fingerprint density at radius 1 is 1.24 bits per heavy atom. The fourth-order valence-electron chi connectivity index (χ4n) is 1.63. The van der Waals surface area contributed by atoms with Gasteiger partial charge in [-0.15, -0.1) is 0 Å². The molecule has 0 atom stereocenters. The van der Waals surface area contributed by atoms with Crippen molar-refractivity contribution >= 4 is 33.0 Å². The molecule has 8 heteroatoms. The van der Waals surface area contributed by atoms with Gasteiger partial charge >= 0.3 is 0 Å². The van der Waals surface area contributed by atoms with Crippen LogP contribution in [0.1, 0.15) is 0 Å². The Kier molecular flexibility index (Phi) is 4.24. The number of anilines is 2. The van der Waals surface area contributed by atoms with Crippen LogP contribution in [0.4, 0.5) is 15.8 Å². The minimum Gasteiger partial charge on any atom is -0.497 e. The van der Waals surface area contributed by atoms with Crippen LogP contribution in [0.3, 0.4) is 0 Å². The molecule has 0 heterocycles. The Hall–Kier alpha value is -1.99. The van der Waals surface area contributed by atoms with E-state index in [2.05, 4.69) is 4.72 Å². The molecule has 0 unspecified atom stereocenters. The zero-order chi connectivity index (χ0) is 15.6. The molecule has 2 aromatic carbocycles. The number of rotatable bonds is 4. The van der Waals surface area contributed by atoms with E-state index in [1.54, 1.807) is 6.07 Å². The highest BCUT2D eigenvalue weighted by Gasteiger charge is 2.20. The topological polar surface area (TPSA) is 81.4 Å². The summed E-state index contributed by atoms with van der Waals surface area (Å²) in [7, 11) is -2.63. The highest BCUT2D eigenvalue weighted by Crippen LogP contribution is 2.29. The Morgan fingerprint density at radius 3 is 2.62 bits per heavy atom. The van der Waals surface area contributed by atoms with Crippen LogP contribution in [0.5, 0.6) is 5.75 Å². The Labute approximate surface area is 126 Å². The van der Waals surface area contributed by atoms with E-state index in [1.807, 2.05) is 0 Å². The predicted octanol–water partition coefficient (Wildman–Crippen LogP) is 2.87. The molecule has 0 spiro atoms. The SMILES string of the molecule is COc1ccc(N)c(NS(=O)(=O)c2cc(F)ccc2Cl)c1. The minimum absolute atomic E-state index is 0.0923. The second kappa shape index (κ2) is 5.79. The van der Waals surface area contributed by atoms with E-state index in [9.17, 15) is 12.8 Å². The summed E-state index contributed by atoms with van der Waals surface area (Å²) in [5, 5.41) is -0.0923. The van der Waals surface area contributed by atoms with E-state index in [4.69, 9.17) is 22.1 Å². The Morgan fingerprint density at radius 2 is 1.95 bits per heavy atom. The van der Waals surface area contributed by atoms with Gasteiger partial charge in [-0.2, -0.15) is 0 Å². The number of sulfonamides is 1. The minimum atomic E-state index is -4.07. The van der Waals surface area contributed by atoms with Crippen molar-refractivity contribution in [3.05, 3.63) is 47.2 Å². The summed E-state index contributed by atoms with van der Waals surface area (Å²) >= 11 is 5.80. The fraction of sp³-hybridized carbons (Fsp3) is 0.0769. The second-order valence-corrected chi connectivity index (χ2v) is 6.19. The quantitative estimate of drug-likeness (QED) is 0.845. The van der Waals surface area contributed by atoms with Crippen LogP contribution in [0.2, 0.25) is 5.02 Å². The number of nitrogens with two attached hydrogens (primary N) is 1. The summed E-state index contributed by atoms with van der Waals surface area (Å²) in [5.41, 5.74) is 6.03. The second-order valence-electron chi connectivity index (χ2n) is 4.13. The van der Waals surface area contributed by atoms with Crippen molar-refractivity contribution < 1.29 is 17.5 Å².